The Morgan fingerprint density at radius 2 is 1.77 bits per heavy atom. The van der Waals surface area contributed by atoms with E-state index in [2.05, 4.69) is 20.0 Å². The number of hydrogen-bond donors (Lipinski definition) is 3. The predicted octanol–water partition coefficient (Wildman–Crippen LogP) is 1.02. The number of nitrogen functional groups attached to an aromatic ring is 1. The average Bonchev–Trinajstić information content (AvgIpc) is 2.67. The van der Waals surface area contributed by atoms with E-state index in [4.69, 9.17) is 16.2 Å². The van der Waals surface area contributed by atoms with Crippen molar-refractivity contribution >= 4 is 17.6 Å². The summed E-state index contributed by atoms with van der Waals surface area (Å²) >= 11 is 0. The minimum atomic E-state index is -0.759. The molecule has 0 amide bonds. The van der Waals surface area contributed by atoms with Crippen LogP contribution in [0, 0.1) is 5.41 Å². The van der Waals surface area contributed by atoms with Crippen LogP contribution in [0.4, 0.5) is 5.82 Å². The molecule has 0 saturated carbocycles. The topological polar surface area (TPSA) is 119 Å². The second-order valence-electron chi connectivity index (χ2n) is 6.24. The van der Waals surface area contributed by atoms with E-state index < -0.39 is 5.97 Å². The number of benzene rings is 1. The Balaban J connectivity index is 1.60. The minimum absolute atomic E-state index is 0.0421. The van der Waals surface area contributed by atoms with Gasteiger partial charge in [0.15, 0.2) is 5.82 Å². The van der Waals surface area contributed by atoms with Crippen molar-refractivity contribution in [3.63, 3.8) is 0 Å². The highest BCUT2D eigenvalue weighted by atomic mass is 16.4. The van der Waals surface area contributed by atoms with Crippen LogP contribution in [-0.4, -0.2) is 64.7 Å². The van der Waals surface area contributed by atoms with Crippen LogP contribution in [-0.2, 0) is 4.79 Å². The molecule has 0 atom stereocenters. The molecule has 0 spiro atoms. The van der Waals surface area contributed by atoms with Gasteiger partial charge in [0.05, 0.1) is 12.1 Å². The van der Waals surface area contributed by atoms with E-state index in [1.165, 1.54) is 0 Å². The number of anilines is 1. The Labute approximate surface area is 151 Å². The molecule has 3 rings (SSSR count). The molecule has 136 valence electrons. The number of carbonyl (C=O) groups is 1. The monoisotopic (exact) mass is 354 g/mol. The summed E-state index contributed by atoms with van der Waals surface area (Å²) in [5.74, 6) is 0.109. The fraction of sp³-hybridized carbons (Fsp3) is 0.333. The maximum atomic E-state index is 10.7. The standard InChI is InChI=1S/C18H22N6O2/c19-18(20)14-3-1-13(2-4-14)15-5-6-16(22-21-15)24-11-9-23(10-12-24)8-7-17(25)26/h1-6H,7-12H2,(H3,19,20)(H,25,26). The molecule has 0 radical (unpaired) electrons. The first-order valence-electron chi connectivity index (χ1n) is 8.50. The van der Waals surface area contributed by atoms with Gasteiger partial charge in [0.25, 0.3) is 0 Å². The number of amidine groups is 1. The molecule has 8 nitrogen and oxygen atoms in total. The van der Waals surface area contributed by atoms with Gasteiger partial charge in [0.1, 0.15) is 5.84 Å². The zero-order chi connectivity index (χ0) is 18.5. The predicted molar refractivity (Wildman–Crippen MR) is 99.4 cm³/mol. The van der Waals surface area contributed by atoms with Crippen LogP contribution in [0.1, 0.15) is 12.0 Å². The molecule has 1 aromatic heterocycles. The van der Waals surface area contributed by atoms with Gasteiger partial charge in [-0.15, -0.1) is 10.2 Å². The lowest BCUT2D eigenvalue weighted by Gasteiger charge is -2.34. The normalized spacial score (nSPS) is 15.0. The first-order chi connectivity index (χ1) is 12.5. The van der Waals surface area contributed by atoms with Crippen LogP contribution < -0.4 is 10.6 Å². The maximum Gasteiger partial charge on any atom is 0.304 e. The van der Waals surface area contributed by atoms with Gasteiger partial charge < -0.3 is 15.7 Å². The number of aliphatic carboxylic acids is 1. The molecule has 0 aliphatic carbocycles. The third kappa shape index (κ3) is 4.34. The summed E-state index contributed by atoms with van der Waals surface area (Å²) in [5.41, 5.74) is 7.84. The quantitative estimate of drug-likeness (QED) is 0.523. The summed E-state index contributed by atoms with van der Waals surface area (Å²) in [4.78, 5) is 15.0. The van der Waals surface area contributed by atoms with E-state index in [9.17, 15) is 4.79 Å². The Morgan fingerprint density at radius 1 is 1.08 bits per heavy atom. The lowest BCUT2D eigenvalue weighted by atomic mass is 10.1. The second kappa shape index (κ2) is 7.92. The van der Waals surface area contributed by atoms with Crippen molar-refractivity contribution in [3.05, 3.63) is 42.0 Å². The SMILES string of the molecule is N=C(N)c1ccc(-c2ccc(N3CCN(CCC(=O)O)CC3)nn2)cc1. The van der Waals surface area contributed by atoms with Gasteiger partial charge in [0, 0.05) is 43.9 Å². The number of carboxylic acid groups (broad SMARTS) is 1. The second-order valence-corrected chi connectivity index (χ2v) is 6.24. The molecule has 4 N–H and O–H groups in total. The summed E-state index contributed by atoms with van der Waals surface area (Å²) in [7, 11) is 0. The molecule has 2 heterocycles. The van der Waals surface area contributed by atoms with Gasteiger partial charge in [-0.3, -0.25) is 15.1 Å². The number of carboxylic acids is 1. The molecular weight excluding hydrogens is 332 g/mol. The van der Waals surface area contributed by atoms with Crippen molar-refractivity contribution < 1.29 is 9.90 Å². The largest absolute Gasteiger partial charge is 0.481 e. The molecule has 0 bridgehead atoms. The molecular formula is C18H22N6O2. The number of hydrogen-bond acceptors (Lipinski definition) is 6. The Morgan fingerprint density at radius 3 is 2.31 bits per heavy atom. The maximum absolute atomic E-state index is 10.7. The van der Waals surface area contributed by atoms with Crippen LogP contribution in [0.3, 0.4) is 0 Å². The first kappa shape index (κ1) is 17.8. The summed E-state index contributed by atoms with van der Waals surface area (Å²) in [6.45, 7) is 3.85. The summed E-state index contributed by atoms with van der Waals surface area (Å²) in [5, 5.41) is 24.8. The fourth-order valence-electron chi connectivity index (χ4n) is 2.92. The third-order valence-electron chi connectivity index (χ3n) is 4.48. The molecule has 1 fully saturated rings. The van der Waals surface area contributed by atoms with Gasteiger partial charge in [-0.25, -0.2) is 0 Å². The van der Waals surface area contributed by atoms with Gasteiger partial charge in [-0.1, -0.05) is 24.3 Å². The molecule has 8 heteroatoms. The molecule has 1 aromatic carbocycles. The number of nitrogens with two attached hydrogens (primary N) is 1. The molecule has 0 unspecified atom stereocenters. The Bertz CT molecular complexity index is 767. The van der Waals surface area contributed by atoms with Crippen molar-refractivity contribution in [1.82, 2.24) is 15.1 Å². The molecule has 2 aromatic rings. The van der Waals surface area contributed by atoms with Gasteiger partial charge in [0.2, 0.25) is 0 Å². The molecule has 26 heavy (non-hydrogen) atoms. The number of piperazine rings is 1. The van der Waals surface area contributed by atoms with E-state index in [-0.39, 0.29) is 12.3 Å². The summed E-state index contributed by atoms with van der Waals surface area (Å²) in [6.07, 6.45) is 0.178. The molecule has 1 saturated heterocycles. The Hall–Kier alpha value is -3.00. The summed E-state index contributed by atoms with van der Waals surface area (Å²) in [6, 6.07) is 11.2. The van der Waals surface area contributed by atoms with Crippen molar-refractivity contribution in [2.75, 3.05) is 37.6 Å². The molecule has 1 aliphatic rings. The number of aromatic nitrogens is 2. The van der Waals surface area contributed by atoms with Crippen molar-refractivity contribution in [2.24, 2.45) is 5.73 Å². The number of nitrogens with zero attached hydrogens (tertiary/aromatic N) is 4. The van der Waals surface area contributed by atoms with E-state index in [1.54, 1.807) is 12.1 Å². The van der Waals surface area contributed by atoms with E-state index >= 15 is 0 Å². The lowest BCUT2D eigenvalue weighted by molar-refractivity contribution is -0.137. The van der Waals surface area contributed by atoms with E-state index in [0.717, 1.165) is 43.3 Å². The average molecular weight is 354 g/mol. The van der Waals surface area contributed by atoms with Crippen molar-refractivity contribution in [1.29, 1.82) is 5.41 Å². The van der Waals surface area contributed by atoms with Crippen LogP contribution in [0.15, 0.2) is 36.4 Å². The highest BCUT2D eigenvalue weighted by molar-refractivity contribution is 5.95. The minimum Gasteiger partial charge on any atom is -0.481 e. The smallest absolute Gasteiger partial charge is 0.304 e. The van der Waals surface area contributed by atoms with Crippen LogP contribution in [0.25, 0.3) is 11.3 Å². The van der Waals surface area contributed by atoms with E-state index in [1.807, 2.05) is 24.3 Å². The van der Waals surface area contributed by atoms with E-state index in [0.29, 0.717) is 12.1 Å². The zero-order valence-electron chi connectivity index (χ0n) is 14.4. The van der Waals surface area contributed by atoms with Gasteiger partial charge >= 0.3 is 5.97 Å². The number of nitrogens with one attached hydrogen (secondary N) is 1. The van der Waals surface area contributed by atoms with Crippen LogP contribution >= 0.6 is 0 Å². The number of rotatable bonds is 6. The summed E-state index contributed by atoms with van der Waals surface area (Å²) < 4.78 is 0. The lowest BCUT2D eigenvalue weighted by Crippen LogP contribution is -2.47. The van der Waals surface area contributed by atoms with Gasteiger partial charge in [-0.05, 0) is 12.1 Å². The third-order valence-corrected chi connectivity index (χ3v) is 4.48. The zero-order valence-corrected chi connectivity index (χ0v) is 14.4. The van der Waals surface area contributed by atoms with Crippen molar-refractivity contribution in [3.8, 4) is 11.3 Å². The van der Waals surface area contributed by atoms with Crippen LogP contribution in [0.5, 0.6) is 0 Å². The van der Waals surface area contributed by atoms with Crippen molar-refractivity contribution in [2.45, 2.75) is 6.42 Å². The Kier molecular flexibility index (Phi) is 5.43. The van der Waals surface area contributed by atoms with Gasteiger partial charge in [-0.2, -0.15) is 0 Å². The highest BCUT2D eigenvalue weighted by Gasteiger charge is 2.18. The van der Waals surface area contributed by atoms with Crippen LogP contribution in [0.2, 0.25) is 0 Å². The first-order valence-corrected chi connectivity index (χ1v) is 8.50. The molecule has 1 aliphatic heterocycles. The highest BCUT2D eigenvalue weighted by Crippen LogP contribution is 2.20. The fourth-order valence-corrected chi connectivity index (χ4v) is 2.92.